The minimum atomic E-state index is -3.17. The van der Waals surface area contributed by atoms with Gasteiger partial charge >= 0.3 is 6.61 Å². The van der Waals surface area contributed by atoms with Crippen LogP contribution in [-0.2, 0) is 17.8 Å². The molecule has 0 fully saturated rings. The van der Waals surface area contributed by atoms with Crippen LogP contribution in [-0.4, -0.2) is 41.0 Å². The van der Waals surface area contributed by atoms with Crippen molar-refractivity contribution in [3.8, 4) is 11.5 Å². The van der Waals surface area contributed by atoms with Crippen LogP contribution in [0.1, 0.15) is 16.8 Å². The van der Waals surface area contributed by atoms with Crippen molar-refractivity contribution in [2.45, 2.75) is 19.6 Å². The maximum atomic E-state index is 12.8. The Kier molecular flexibility index (Phi) is 5.76. The SMILES string of the molecule is COc1cc(C=CC(=O)N2CCc3[nH]c4ccccc4c3C2)c([N+](=O)[O-])cc1OC(F)F. The van der Waals surface area contributed by atoms with E-state index < -0.39 is 23.0 Å². The lowest BCUT2D eigenvalue weighted by molar-refractivity contribution is -0.385. The maximum Gasteiger partial charge on any atom is 0.387 e. The third-order valence-corrected chi connectivity index (χ3v) is 5.33. The Morgan fingerprint density at radius 3 is 2.78 bits per heavy atom. The molecular weight excluding hydrogens is 424 g/mol. The van der Waals surface area contributed by atoms with Crippen LogP contribution < -0.4 is 9.47 Å². The van der Waals surface area contributed by atoms with E-state index >= 15 is 0 Å². The van der Waals surface area contributed by atoms with Gasteiger partial charge in [0.15, 0.2) is 11.5 Å². The molecule has 0 saturated carbocycles. The number of aromatic amines is 1. The standard InChI is InChI=1S/C22H19F2N3O5/c1-31-19-10-13(18(27(29)30)11-20(19)32-22(23)24)6-7-21(28)26-9-8-17-15(12-26)14-4-2-3-5-16(14)25-17/h2-7,10-11,22,25H,8-9,12H2,1H3. The van der Waals surface area contributed by atoms with E-state index in [9.17, 15) is 23.7 Å². The zero-order chi connectivity index (χ0) is 22.8. The van der Waals surface area contributed by atoms with Crippen LogP contribution in [0.25, 0.3) is 17.0 Å². The van der Waals surface area contributed by atoms with Crippen LogP contribution in [0.4, 0.5) is 14.5 Å². The van der Waals surface area contributed by atoms with Crippen molar-refractivity contribution in [2.75, 3.05) is 13.7 Å². The quantitative estimate of drug-likeness (QED) is 0.348. The first kappa shape index (κ1) is 21.3. The molecular formula is C22H19F2N3O5. The molecule has 1 aliphatic rings. The van der Waals surface area contributed by atoms with Crippen molar-refractivity contribution in [3.05, 3.63) is 69.4 Å². The van der Waals surface area contributed by atoms with E-state index in [4.69, 9.17) is 4.74 Å². The number of nitrogens with zero attached hydrogens (tertiary/aromatic N) is 2. The van der Waals surface area contributed by atoms with E-state index in [0.29, 0.717) is 19.5 Å². The molecule has 0 radical (unpaired) electrons. The predicted molar refractivity (Wildman–Crippen MR) is 113 cm³/mol. The number of para-hydroxylation sites is 1. The zero-order valence-corrected chi connectivity index (χ0v) is 17.0. The lowest BCUT2D eigenvalue weighted by atomic mass is 10.0. The third-order valence-electron chi connectivity index (χ3n) is 5.33. The van der Waals surface area contributed by atoms with Gasteiger partial charge in [0.1, 0.15) is 0 Å². The molecule has 2 aromatic carbocycles. The van der Waals surface area contributed by atoms with Crippen LogP contribution in [0.5, 0.6) is 11.5 Å². The molecule has 0 atom stereocenters. The molecule has 0 unspecified atom stereocenters. The highest BCUT2D eigenvalue weighted by Crippen LogP contribution is 2.36. The highest BCUT2D eigenvalue weighted by Gasteiger charge is 2.24. The minimum Gasteiger partial charge on any atom is -0.493 e. The van der Waals surface area contributed by atoms with E-state index in [0.717, 1.165) is 28.2 Å². The first-order chi connectivity index (χ1) is 15.4. The van der Waals surface area contributed by atoms with Gasteiger partial charge in [0.25, 0.3) is 5.69 Å². The number of H-pyrrole nitrogens is 1. The number of carbonyl (C=O) groups excluding carboxylic acids is 1. The molecule has 8 nitrogen and oxygen atoms in total. The number of amides is 1. The molecule has 2 heterocycles. The number of methoxy groups -OCH3 is 1. The normalized spacial score (nSPS) is 13.6. The van der Waals surface area contributed by atoms with Crippen molar-refractivity contribution in [2.24, 2.45) is 0 Å². The molecule has 166 valence electrons. The second-order valence-electron chi connectivity index (χ2n) is 7.17. The monoisotopic (exact) mass is 443 g/mol. The number of nitro benzene ring substituents is 1. The molecule has 10 heteroatoms. The van der Waals surface area contributed by atoms with Crippen LogP contribution in [0.3, 0.4) is 0 Å². The maximum absolute atomic E-state index is 12.8. The number of ether oxygens (including phenoxy) is 2. The molecule has 1 aliphatic heterocycles. The van der Waals surface area contributed by atoms with Gasteiger partial charge < -0.3 is 19.4 Å². The summed E-state index contributed by atoms with van der Waals surface area (Å²) < 4.78 is 34.5. The molecule has 4 rings (SSSR count). The highest BCUT2D eigenvalue weighted by molar-refractivity contribution is 5.93. The van der Waals surface area contributed by atoms with Gasteiger partial charge in [-0.3, -0.25) is 14.9 Å². The van der Waals surface area contributed by atoms with Gasteiger partial charge in [-0.25, -0.2) is 0 Å². The third kappa shape index (κ3) is 4.11. The summed E-state index contributed by atoms with van der Waals surface area (Å²) in [4.78, 5) is 28.5. The minimum absolute atomic E-state index is 0.0339. The van der Waals surface area contributed by atoms with Crippen LogP contribution in [0.2, 0.25) is 0 Å². The number of halogens is 2. The number of hydrogen-bond donors (Lipinski definition) is 1. The number of rotatable bonds is 6. The molecule has 32 heavy (non-hydrogen) atoms. The second kappa shape index (κ2) is 8.66. The number of aromatic nitrogens is 1. The van der Waals surface area contributed by atoms with Gasteiger partial charge in [-0.2, -0.15) is 8.78 Å². The summed E-state index contributed by atoms with van der Waals surface area (Å²) in [5.74, 6) is -0.882. The van der Waals surface area contributed by atoms with Crippen molar-refractivity contribution in [1.82, 2.24) is 9.88 Å². The fourth-order valence-corrected chi connectivity index (χ4v) is 3.83. The summed E-state index contributed by atoms with van der Waals surface area (Å²) in [7, 11) is 1.23. The summed E-state index contributed by atoms with van der Waals surface area (Å²) >= 11 is 0. The Balaban J connectivity index is 1.59. The summed E-state index contributed by atoms with van der Waals surface area (Å²) in [6.07, 6.45) is 3.17. The largest absolute Gasteiger partial charge is 0.493 e. The highest BCUT2D eigenvalue weighted by atomic mass is 19.3. The summed E-state index contributed by atoms with van der Waals surface area (Å²) in [6, 6.07) is 9.89. The van der Waals surface area contributed by atoms with E-state index in [1.807, 2.05) is 24.3 Å². The Morgan fingerprint density at radius 2 is 2.06 bits per heavy atom. The molecule has 3 aromatic rings. The smallest absolute Gasteiger partial charge is 0.387 e. The average molecular weight is 443 g/mol. The number of alkyl halides is 2. The fourth-order valence-electron chi connectivity index (χ4n) is 3.83. The predicted octanol–water partition coefficient (Wildman–Crippen LogP) is 4.28. The Morgan fingerprint density at radius 1 is 1.28 bits per heavy atom. The number of nitrogens with one attached hydrogen (secondary N) is 1. The number of nitro groups is 1. The Bertz CT molecular complexity index is 1220. The van der Waals surface area contributed by atoms with E-state index in [2.05, 4.69) is 9.72 Å². The number of carbonyl (C=O) groups is 1. The van der Waals surface area contributed by atoms with Crippen molar-refractivity contribution in [1.29, 1.82) is 0 Å². The van der Waals surface area contributed by atoms with Crippen LogP contribution in [0, 0.1) is 10.1 Å². The summed E-state index contributed by atoms with van der Waals surface area (Å²) in [5, 5.41) is 12.5. The Labute approximate surface area is 181 Å². The molecule has 1 amide bonds. The number of hydrogen-bond acceptors (Lipinski definition) is 5. The van der Waals surface area contributed by atoms with E-state index in [-0.39, 0.29) is 17.2 Å². The fraction of sp³-hybridized carbons (Fsp3) is 0.227. The van der Waals surface area contributed by atoms with Gasteiger partial charge in [0, 0.05) is 47.7 Å². The molecule has 1 N–H and O–H groups in total. The van der Waals surface area contributed by atoms with E-state index in [1.54, 1.807) is 4.90 Å². The Hall–Kier alpha value is -3.95. The van der Waals surface area contributed by atoms with Crippen LogP contribution in [0.15, 0.2) is 42.5 Å². The average Bonchev–Trinajstić information content (AvgIpc) is 3.15. The van der Waals surface area contributed by atoms with Gasteiger partial charge in [0.2, 0.25) is 5.91 Å². The molecule has 0 spiro atoms. The molecule has 0 aliphatic carbocycles. The zero-order valence-electron chi connectivity index (χ0n) is 17.0. The first-order valence-electron chi connectivity index (χ1n) is 9.74. The lowest BCUT2D eigenvalue weighted by Gasteiger charge is -2.26. The topological polar surface area (TPSA) is 97.7 Å². The van der Waals surface area contributed by atoms with Gasteiger partial charge in [-0.1, -0.05) is 18.2 Å². The number of fused-ring (bicyclic) bond motifs is 3. The second-order valence-corrected chi connectivity index (χ2v) is 7.17. The van der Waals surface area contributed by atoms with Crippen molar-refractivity contribution >= 4 is 28.6 Å². The van der Waals surface area contributed by atoms with Crippen molar-refractivity contribution < 1.29 is 28.0 Å². The van der Waals surface area contributed by atoms with Crippen molar-refractivity contribution in [3.63, 3.8) is 0 Å². The van der Waals surface area contributed by atoms with Gasteiger partial charge in [-0.05, 0) is 18.2 Å². The summed E-state index contributed by atoms with van der Waals surface area (Å²) in [5.41, 5.74) is 2.70. The van der Waals surface area contributed by atoms with Gasteiger partial charge in [-0.15, -0.1) is 0 Å². The molecule has 1 aromatic heterocycles. The molecule has 0 bridgehead atoms. The van der Waals surface area contributed by atoms with Crippen LogP contribution >= 0.6 is 0 Å². The number of benzene rings is 2. The van der Waals surface area contributed by atoms with Gasteiger partial charge in [0.05, 0.1) is 23.7 Å². The summed E-state index contributed by atoms with van der Waals surface area (Å²) in [6.45, 7) is -2.26. The molecule has 0 saturated heterocycles. The van der Waals surface area contributed by atoms with E-state index in [1.165, 1.54) is 25.3 Å². The lowest BCUT2D eigenvalue weighted by Crippen LogP contribution is -2.34. The first-order valence-corrected chi connectivity index (χ1v) is 9.74.